The van der Waals surface area contributed by atoms with Crippen molar-refractivity contribution in [1.82, 2.24) is 15.2 Å². The molecule has 4 nitrogen and oxygen atoms in total. The number of hydrogen-bond acceptors (Lipinski definition) is 6. The van der Waals surface area contributed by atoms with Crippen LogP contribution in [0.2, 0.25) is 0 Å². The van der Waals surface area contributed by atoms with Crippen molar-refractivity contribution in [2.45, 2.75) is 17.9 Å². The van der Waals surface area contributed by atoms with Gasteiger partial charge in [-0.15, -0.1) is 21.5 Å². The lowest BCUT2D eigenvalue weighted by atomic mass is 10.3. The van der Waals surface area contributed by atoms with Gasteiger partial charge in [-0.3, -0.25) is 4.98 Å². The van der Waals surface area contributed by atoms with Gasteiger partial charge in [0, 0.05) is 11.9 Å². The van der Waals surface area contributed by atoms with E-state index in [1.54, 1.807) is 17.5 Å². The van der Waals surface area contributed by atoms with Crippen LogP contribution in [0.4, 0.5) is 0 Å². The zero-order valence-electron chi connectivity index (χ0n) is 10.2. The highest BCUT2D eigenvalue weighted by molar-refractivity contribution is 7.98. The van der Waals surface area contributed by atoms with Crippen molar-refractivity contribution in [2.75, 3.05) is 0 Å². The number of hydrogen-bond donors (Lipinski definition) is 0. The van der Waals surface area contributed by atoms with E-state index in [0.29, 0.717) is 11.1 Å². The fourth-order valence-corrected chi connectivity index (χ4v) is 3.09. The number of thioether (sulfide) groups is 1. The lowest BCUT2D eigenvalue weighted by Gasteiger charge is -1.95. The Hall–Kier alpha value is -1.66. The van der Waals surface area contributed by atoms with Crippen LogP contribution in [0.25, 0.3) is 10.8 Å². The van der Waals surface area contributed by atoms with Gasteiger partial charge in [-0.25, -0.2) is 0 Å². The smallest absolute Gasteiger partial charge is 0.277 e. The first-order valence-corrected chi connectivity index (χ1v) is 7.60. The second-order valence-corrected chi connectivity index (χ2v) is 5.76. The van der Waals surface area contributed by atoms with Crippen LogP contribution in [0, 0.1) is 6.92 Å². The van der Waals surface area contributed by atoms with Gasteiger partial charge in [-0.2, -0.15) is 0 Å². The summed E-state index contributed by atoms with van der Waals surface area (Å²) in [6.45, 7) is 2.04. The highest BCUT2D eigenvalue weighted by Crippen LogP contribution is 2.30. The molecule has 0 saturated heterocycles. The monoisotopic (exact) mass is 289 g/mol. The Morgan fingerprint density at radius 1 is 1.26 bits per heavy atom. The molecule has 0 aliphatic carbocycles. The van der Waals surface area contributed by atoms with Crippen LogP contribution in [-0.2, 0) is 5.75 Å². The molecule has 0 radical (unpaired) electrons. The van der Waals surface area contributed by atoms with Crippen molar-refractivity contribution >= 4 is 23.1 Å². The van der Waals surface area contributed by atoms with Gasteiger partial charge in [0.15, 0.2) is 0 Å². The SMILES string of the molecule is Cc1ccsc1-c1nnc(SCc2ccccn2)o1. The molecular weight excluding hydrogens is 278 g/mol. The van der Waals surface area contributed by atoms with Crippen LogP contribution in [0.5, 0.6) is 0 Å². The van der Waals surface area contributed by atoms with Crippen LogP contribution < -0.4 is 0 Å². The van der Waals surface area contributed by atoms with Crippen molar-refractivity contribution < 1.29 is 4.42 Å². The van der Waals surface area contributed by atoms with E-state index in [4.69, 9.17) is 4.42 Å². The van der Waals surface area contributed by atoms with Crippen LogP contribution in [0.15, 0.2) is 45.5 Å². The summed E-state index contributed by atoms with van der Waals surface area (Å²) in [4.78, 5) is 5.30. The van der Waals surface area contributed by atoms with E-state index in [1.165, 1.54) is 11.8 Å². The van der Waals surface area contributed by atoms with Gasteiger partial charge in [0.05, 0.1) is 10.6 Å². The van der Waals surface area contributed by atoms with Gasteiger partial charge in [-0.1, -0.05) is 17.8 Å². The van der Waals surface area contributed by atoms with Crippen molar-refractivity contribution in [1.29, 1.82) is 0 Å². The van der Waals surface area contributed by atoms with Gasteiger partial charge in [0.1, 0.15) is 0 Å². The molecular formula is C13H11N3OS2. The molecule has 3 aromatic rings. The highest BCUT2D eigenvalue weighted by Gasteiger charge is 2.12. The molecule has 96 valence electrons. The van der Waals surface area contributed by atoms with Crippen molar-refractivity contribution in [3.8, 4) is 10.8 Å². The Morgan fingerprint density at radius 2 is 2.21 bits per heavy atom. The minimum absolute atomic E-state index is 0.577. The summed E-state index contributed by atoms with van der Waals surface area (Å²) in [7, 11) is 0. The third-order valence-electron chi connectivity index (χ3n) is 2.53. The van der Waals surface area contributed by atoms with Gasteiger partial charge in [0.25, 0.3) is 11.1 Å². The van der Waals surface area contributed by atoms with Gasteiger partial charge in [-0.05, 0) is 36.1 Å². The number of nitrogens with zero attached hydrogens (tertiary/aromatic N) is 3. The van der Waals surface area contributed by atoms with Crippen LogP contribution in [0.1, 0.15) is 11.3 Å². The van der Waals surface area contributed by atoms with E-state index >= 15 is 0 Å². The maximum absolute atomic E-state index is 5.65. The van der Waals surface area contributed by atoms with E-state index in [-0.39, 0.29) is 0 Å². The first kappa shape index (κ1) is 12.4. The Morgan fingerprint density at radius 3 is 2.95 bits per heavy atom. The van der Waals surface area contributed by atoms with Gasteiger partial charge in [0.2, 0.25) is 0 Å². The summed E-state index contributed by atoms with van der Waals surface area (Å²) >= 11 is 3.11. The van der Waals surface area contributed by atoms with Crippen LogP contribution in [0.3, 0.4) is 0 Å². The first-order chi connectivity index (χ1) is 9.33. The van der Waals surface area contributed by atoms with Crippen molar-refractivity contribution in [3.05, 3.63) is 47.1 Å². The molecule has 0 saturated carbocycles. The topological polar surface area (TPSA) is 51.8 Å². The Kier molecular flexibility index (Phi) is 3.61. The maximum Gasteiger partial charge on any atom is 0.277 e. The normalized spacial score (nSPS) is 10.8. The average Bonchev–Trinajstić information content (AvgIpc) is 3.06. The van der Waals surface area contributed by atoms with Crippen molar-refractivity contribution in [2.24, 2.45) is 0 Å². The minimum atomic E-state index is 0.577. The fraction of sp³-hybridized carbons (Fsp3) is 0.154. The molecule has 6 heteroatoms. The molecule has 0 fully saturated rings. The molecule has 3 aromatic heterocycles. The van der Waals surface area contributed by atoms with E-state index in [0.717, 1.165) is 21.9 Å². The zero-order chi connectivity index (χ0) is 13.1. The number of pyridine rings is 1. The summed E-state index contributed by atoms with van der Waals surface area (Å²) in [6.07, 6.45) is 1.78. The fourth-order valence-electron chi connectivity index (χ4n) is 1.57. The predicted molar refractivity (Wildman–Crippen MR) is 76.1 cm³/mol. The number of aryl methyl sites for hydroxylation is 1. The third-order valence-corrected chi connectivity index (χ3v) is 4.39. The van der Waals surface area contributed by atoms with E-state index < -0.39 is 0 Å². The van der Waals surface area contributed by atoms with E-state index in [9.17, 15) is 0 Å². The predicted octanol–water partition coefficient (Wildman–Crippen LogP) is 3.79. The maximum atomic E-state index is 5.65. The summed E-state index contributed by atoms with van der Waals surface area (Å²) < 4.78 is 5.65. The lowest BCUT2D eigenvalue weighted by Crippen LogP contribution is -1.84. The van der Waals surface area contributed by atoms with Gasteiger partial charge >= 0.3 is 0 Å². The molecule has 3 rings (SSSR count). The molecule has 0 spiro atoms. The molecule has 0 N–H and O–H groups in total. The molecule has 0 aliphatic rings. The molecule has 0 bridgehead atoms. The summed E-state index contributed by atoms with van der Waals surface area (Å²) in [5.41, 5.74) is 2.16. The highest BCUT2D eigenvalue weighted by atomic mass is 32.2. The number of thiophene rings is 1. The zero-order valence-corrected chi connectivity index (χ0v) is 11.9. The van der Waals surface area contributed by atoms with Gasteiger partial charge < -0.3 is 4.42 Å². The molecule has 0 aliphatic heterocycles. The second kappa shape index (κ2) is 5.54. The molecule has 0 atom stereocenters. The molecule has 0 unspecified atom stereocenters. The van der Waals surface area contributed by atoms with Crippen LogP contribution in [-0.4, -0.2) is 15.2 Å². The Balaban J connectivity index is 1.71. The van der Waals surface area contributed by atoms with E-state index in [1.807, 2.05) is 36.6 Å². The second-order valence-electron chi connectivity index (χ2n) is 3.92. The summed E-state index contributed by atoms with van der Waals surface area (Å²) in [6, 6.07) is 7.90. The standard InChI is InChI=1S/C13H11N3OS2/c1-9-5-7-18-11(9)12-15-16-13(17-12)19-8-10-4-2-3-6-14-10/h2-7H,8H2,1H3. The minimum Gasteiger partial charge on any atom is -0.410 e. The quantitative estimate of drug-likeness (QED) is 0.684. The van der Waals surface area contributed by atoms with Crippen LogP contribution >= 0.6 is 23.1 Å². The summed E-state index contributed by atoms with van der Waals surface area (Å²) in [5.74, 6) is 1.32. The summed E-state index contributed by atoms with van der Waals surface area (Å²) in [5, 5.41) is 10.7. The molecule has 0 amide bonds. The van der Waals surface area contributed by atoms with Crippen molar-refractivity contribution in [3.63, 3.8) is 0 Å². The largest absolute Gasteiger partial charge is 0.410 e. The number of aromatic nitrogens is 3. The lowest BCUT2D eigenvalue weighted by molar-refractivity contribution is 0.466. The third kappa shape index (κ3) is 2.85. The molecule has 0 aromatic carbocycles. The Bertz CT molecular complexity index is 663. The van der Waals surface area contributed by atoms with E-state index in [2.05, 4.69) is 15.2 Å². The molecule has 3 heterocycles. The molecule has 19 heavy (non-hydrogen) atoms. The Labute approximate surface area is 118 Å². The average molecular weight is 289 g/mol. The first-order valence-electron chi connectivity index (χ1n) is 5.73. The number of rotatable bonds is 4.